The van der Waals surface area contributed by atoms with Gasteiger partial charge in [-0.25, -0.2) is 19.0 Å². The highest BCUT2D eigenvalue weighted by Gasteiger charge is 2.19. The zero-order valence-electron chi connectivity index (χ0n) is 16.1. The maximum absolute atomic E-state index is 14.2. The molecule has 0 bridgehead atoms. The number of nitrogens with zero attached hydrogens (tertiary/aromatic N) is 5. The molecule has 0 saturated heterocycles. The molecule has 3 heterocycles. The van der Waals surface area contributed by atoms with Crippen LogP contribution in [0.2, 0.25) is 0 Å². The van der Waals surface area contributed by atoms with Crippen LogP contribution in [0.3, 0.4) is 0 Å². The third-order valence-corrected chi connectivity index (χ3v) is 4.54. The van der Waals surface area contributed by atoms with E-state index in [9.17, 15) is 4.39 Å². The Morgan fingerprint density at radius 1 is 1.31 bits per heavy atom. The number of ether oxygens (including phenoxy) is 1. The highest BCUT2D eigenvalue weighted by atomic mass is 19.1. The molecular formula is C21H21FN6O. The number of benzene rings is 1. The first-order valence-electron chi connectivity index (χ1n) is 9.42. The van der Waals surface area contributed by atoms with Gasteiger partial charge in [-0.15, -0.1) is 0 Å². The largest absolute Gasteiger partial charge is 0.494 e. The molecule has 1 N–H and O–H groups in total. The molecule has 4 rings (SSSR count). The Bertz CT molecular complexity index is 1150. The van der Waals surface area contributed by atoms with Crippen LogP contribution in [0.15, 0.2) is 49.4 Å². The van der Waals surface area contributed by atoms with Gasteiger partial charge in [0.25, 0.3) is 0 Å². The molecule has 7 nitrogen and oxygen atoms in total. The van der Waals surface area contributed by atoms with Crippen molar-refractivity contribution in [2.24, 2.45) is 0 Å². The molecule has 0 unspecified atom stereocenters. The van der Waals surface area contributed by atoms with Gasteiger partial charge in [-0.3, -0.25) is 5.10 Å². The predicted molar refractivity (Wildman–Crippen MR) is 107 cm³/mol. The van der Waals surface area contributed by atoms with Crippen molar-refractivity contribution in [3.8, 4) is 11.5 Å². The summed E-state index contributed by atoms with van der Waals surface area (Å²) in [4.78, 5) is 9.07. The number of aryl methyl sites for hydroxylation is 1. The van der Waals surface area contributed by atoms with E-state index >= 15 is 0 Å². The van der Waals surface area contributed by atoms with Crippen molar-refractivity contribution in [1.82, 2.24) is 29.9 Å². The second kappa shape index (κ2) is 8.22. The molecule has 0 fully saturated rings. The number of nitrogens with one attached hydrogen (secondary N) is 1. The van der Waals surface area contributed by atoms with Gasteiger partial charge in [0.15, 0.2) is 11.5 Å². The van der Waals surface area contributed by atoms with E-state index in [0.29, 0.717) is 28.6 Å². The van der Waals surface area contributed by atoms with E-state index in [1.165, 1.54) is 12.3 Å². The maximum Gasteiger partial charge on any atom is 0.202 e. The van der Waals surface area contributed by atoms with Crippen LogP contribution in [0, 0.1) is 5.82 Å². The number of hydrogen-bond acceptors (Lipinski definition) is 5. The van der Waals surface area contributed by atoms with Crippen LogP contribution in [-0.4, -0.2) is 29.9 Å². The van der Waals surface area contributed by atoms with Crippen molar-refractivity contribution in [2.45, 2.75) is 32.9 Å². The molecule has 0 aliphatic rings. The maximum atomic E-state index is 14.2. The van der Waals surface area contributed by atoms with Crippen molar-refractivity contribution in [3.05, 3.63) is 72.1 Å². The lowest BCUT2D eigenvalue weighted by Crippen LogP contribution is -2.04. The first kappa shape index (κ1) is 18.8. The Kier molecular flexibility index (Phi) is 5.33. The van der Waals surface area contributed by atoms with Gasteiger partial charge in [-0.05, 0) is 24.1 Å². The molecule has 0 aliphatic heterocycles. The summed E-state index contributed by atoms with van der Waals surface area (Å²) in [5.74, 6) is 0.733. The van der Waals surface area contributed by atoms with Gasteiger partial charge in [-0.2, -0.15) is 10.2 Å². The van der Waals surface area contributed by atoms with E-state index in [0.717, 1.165) is 23.8 Å². The topological polar surface area (TPSA) is 81.5 Å². The number of aromatic amines is 1. The van der Waals surface area contributed by atoms with E-state index in [2.05, 4.69) is 44.8 Å². The number of rotatable bonds is 8. The summed E-state index contributed by atoms with van der Waals surface area (Å²) < 4.78 is 21.0. The Morgan fingerprint density at radius 3 is 2.97 bits per heavy atom. The Morgan fingerprint density at radius 2 is 2.17 bits per heavy atom. The third kappa shape index (κ3) is 3.87. The normalized spacial score (nSPS) is 11.1. The molecule has 0 amide bonds. The lowest BCUT2D eigenvalue weighted by molar-refractivity contribution is 0.229. The smallest absolute Gasteiger partial charge is 0.202 e. The minimum absolute atomic E-state index is 0.240. The van der Waals surface area contributed by atoms with Gasteiger partial charge in [-0.1, -0.05) is 38.1 Å². The first-order chi connectivity index (χ1) is 14.2. The summed E-state index contributed by atoms with van der Waals surface area (Å²) in [5, 5.41) is 12.6. The Balaban J connectivity index is 1.79. The molecule has 29 heavy (non-hydrogen) atoms. The summed E-state index contributed by atoms with van der Waals surface area (Å²) in [5.41, 5.74) is 2.91. The zero-order chi connectivity index (χ0) is 20.2. The number of halogens is 1. The van der Waals surface area contributed by atoms with Crippen LogP contribution < -0.4 is 0 Å². The van der Waals surface area contributed by atoms with Gasteiger partial charge in [0.2, 0.25) is 5.82 Å². The van der Waals surface area contributed by atoms with E-state index in [1.807, 2.05) is 6.20 Å². The quantitative estimate of drug-likeness (QED) is 0.458. The average Bonchev–Trinajstić information content (AvgIpc) is 3.33. The van der Waals surface area contributed by atoms with Crippen molar-refractivity contribution in [1.29, 1.82) is 0 Å². The van der Waals surface area contributed by atoms with Crippen molar-refractivity contribution in [2.75, 3.05) is 0 Å². The minimum Gasteiger partial charge on any atom is -0.494 e. The van der Waals surface area contributed by atoms with Gasteiger partial charge < -0.3 is 4.74 Å². The number of pyridine rings is 1. The number of H-pyrrole nitrogens is 1. The van der Waals surface area contributed by atoms with Crippen LogP contribution in [0.1, 0.15) is 30.3 Å². The van der Waals surface area contributed by atoms with Crippen LogP contribution >= 0.6 is 0 Å². The van der Waals surface area contributed by atoms with Gasteiger partial charge >= 0.3 is 0 Å². The fraction of sp³-hybridized carbons (Fsp3) is 0.238. The van der Waals surface area contributed by atoms with Gasteiger partial charge in [0.1, 0.15) is 18.1 Å². The molecule has 0 radical (unpaired) electrons. The van der Waals surface area contributed by atoms with Crippen molar-refractivity contribution < 1.29 is 9.13 Å². The molecule has 0 spiro atoms. The monoisotopic (exact) mass is 392 g/mol. The fourth-order valence-corrected chi connectivity index (χ4v) is 3.20. The number of hydrogen-bond donors (Lipinski definition) is 1. The summed E-state index contributed by atoms with van der Waals surface area (Å²) in [7, 11) is 0. The average molecular weight is 392 g/mol. The van der Waals surface area contributed by atoms with Gasteiger partial charge in [0, 0.05) is 11.8 Å². The first-order valence-corrected chi connectivity index (χ1v) is 9.42. The molecule has 3 aromatic heterocycles. The summed E-state index contributed by atoms with van der Waals surface area (Å²) >= 11 is 0. The van der Waals surface area contributed by atoms with E-state index in [4.69, 9.17) is 4.74 Å². The second-order valence-electron chi connectivity index (χ2n) is 6.65. The summed E-state index contributed by atoms with van der Waals surface area (Å²) in [6, 6.07) is 8.71. The van der Waals surface area contributed by atoms with Gasteiger partial charge in [0.05, 0.1) is 18.2 Å². The molecule has 8 heteroatoms. The molecular weight excluding hydrogens is 371 g/mol. The minimum atomic E-state index is -0.276. The SMILES string of the molecule is C=COCc1nc(-c2nn(Cc3ccccc3F)c3ncc(CCC)cc23)n[nH]1. The predicted octanol–water partition coefficient (Wildman–Crippen LogP) is 4.02. The molecule has 0 aliphatic carbocycles. The lowest BCUT2D eigenvalue weighted by atomic mass is 10.1. The second-order valence-corrected chi connectivity index (χ2v) is 6.65. The fourth-order valence-electron chi connectivity index (χ4n) is 3.20. The molecule has 0 atom stereocenters. The third-order valence-electron chi connectivity index (χ3n) is 4.54. The van der Waals surface area contributed by atoms with E-state index in [1.54, 1.807) is 22.9 Å². The van der Waals surface area contributed by atoms with Crippen LogP contribution in [0.5, 0.6) is 0 Å². The highest BCUT2D eigenvalue weighted by Crippen LogP contribution is 2.26. The molecule has 0 saturated carbocycles. The standard InChI is InChI=1S/C21H21FN6O/c1-3-7-14-10-16-19(20-24-18(25-26-20)13-29-4-2)27-28(21(16)23-11-14)12-15-8-5-6-9-17(15)22/h4-6,8-11H,2-3,7,12-13H2,1H3,(H,24,25,26). The van der Waals surface area contributed by atoms with Crippen LogP contribution in [0.25, 0.3) is 22.6 Å². The van der Waals surface area contributed by atoms with Crippen LogP contribution in [-0.2, 0) is 24.3 Å². The van der Waals surface area contributed by atoms with Crippen LogP contribution in [0.4, 0.5) is 4.39 Å². The Hall–Kier alpha value is -3.55. The molecule has 4 aromatic rings. The molecule has 1 aromatic carbocycles. The number of fused-ring (bicyclic) bond motifs is 1. The Labute approximate surface area is 167 Å². The highest BCUT2D eigenvalue weighted by molar-refractivity contribution is 5.89. The van der Waals surface area contributed by atoms with E-state index < -0.39 is 0 Å². The lowest BCUT2D eigenvalue weighted by Gasteiger charge is -2.05. The summed E-state index contributed by atoms with van der Waals surface area (Å²) in [6.45, 7) is 6.14. The number of aromatic nitrogens is 6. The van der Waals surface area contributed by atoms with Crippen molar-refractivity contribution >= 4 is 11.0 Å². The molecule has 148 valence electrons. The zero-order valence-corrected chi connectivity index (χ0v) is 16.1. The van der Waals surface area contributed by atoms with E-state index in [-0.39, 0.29) is 19.0 Å². The van der Waals surface area contributed by atoms with Crippen molar-refractivity contribution in [3.63, 3.8) is 0 Å². The summed E-state index contributed by atoms with van der Waals surface area (Å²) in [6.07, 6.45) is 5.11.